The van der Waals surface area contributed by atoms with Gasteiger partial charge in [-0.25, -0.2) is 4.79 Å². The smallest absolute Gasteiger partial charge is 0.339 e. The number of nitrogens with two attached hydrogens (primary N) is 1. The van der Waals surface area contributed by atoms with Crippen LogP contribution in [0, 0.1) is 0 Å². The van der Waals surface area contributed by atoms with Gasteiger partial charge in [0.1, 0.15) is 0 Å². The third-order valence-corrected chi connectivity index (χ3v) is 3.47. The first-order valence-electron chi connectivity index (χ1n) is 5.57. The minimum absolute atomic E-state index is 0.261. The van der Waals surface area contributed by atoms with Gasteiger partial charge in [-0.15, -0.1) is 11.8 Å². The third kappa shape index (κ3) is 3.90. The van der Waals surface area contributed by atoms with Crippen LogP contribution >= 0.6 is 11.8 Å². The van der Waals surface area contributed by atoms with Crippen LogP contribution in [0.2, 0.25) is 0 Å². The molecule has 0 aliphatic carbocycles. The Bertz CT molecular complexity index is 411. The molecule has 100 valence electrons. The Kier molecular flexibility index (Phi) is 5.97. The van der Waals surface area contributed by atoms with Gasteiger partial charge >= 0.3 is 5.97 Å². The highest BCUT2D eigenvalue weighted by atomic mass is 32.2. The van der Waals surface area contributed by atoms with Gasteiger partial charge in [-0.2, -0.15) is 0 Å². The number of anilines is 1. The largest absolute Gasteiger partial charge is 0.462 e. The van der Waals surface area contributed by atoms with E-state index in [9.17, 15) is 9.90 Å². The average molecular weight is 271 g/mol. The van der Waals surface area contributed by atoms with E-state index in [0.717, 1.165) is 0 Å². The van der Waals surface area contributed by atoms with Crippen molar-refractivity contribution in [1.82, 2.24) is 0 Å². The zero-order chi connectivity index (χ0) is 13.5. The van der Waals surface area contributed by atoms with E-state index in [-0.39, 0.29) is 19.0 Å². The predicted octanol–water partition coefficient (Wildman–Crippen LogP) is 0.891. The second kappa shape index (κ2) is 7.25. The summed E-state index contributed by atoms with van der Waals surface area (Å²) in [4.78, 5) is 12.3. The van der Waals surface area contributed by atoms with Crippen molar-refractivity contribution in [2.24, 2.45) is 0 Å². The van der Waals surface area contributed by atoms with Crippen LogP contribution in [0.15, 0.2) is 23.1 Å². The lowest BCUT2D eigenvalue weighted by molar-refractivity contribution is 0.0522. The number of nitrogen functional groups attached to an aromatic ring is 1. The minimum Gasteiger partial charge on any atom is -0.462 e. The van der Waals surface area contributed by atoms with Crippen molar-refractivity contribution in [2.45, 2.75) is 17.9 Å². The molecule has 0 radical (unpaired) electrons. The molecule has 5 nitrogen and oxygen atoms in total. The highest BCUT2D eigenvalue weighted by molar-refractivity contribution is 7.99. The first-order valence-corrected chi connectivity index (χ1v) is 6.56. The van der Waals surface area contributed by atoms with Crippen LogP contribution in [-0.2, 0) is 4.74 Å². The number of rotatable bonds is 6. The van der Waals surface area contributed by atoms with Crippen molar-refractivity contribution >= 4 is 23.4 Å². The van der Waals surface area contributed by atoms with Crippen LogP contribution in [0.1, 0.15) is 17.3 Å². The van der Waals surface area contributed by atoms with E-state index in [2.05, 4.69) is 0 Å². The maximum Gasteiger partial charge on any atom is 0.339 e. The molecule has 0 aliphatic rings. The highest BCUT2D eigenvalue weighted by Crippen LogP contribution is 2.30. The van der Waals surface area contributed by atoms with Gasteiger partial charge in [-0.3, -0.25) is 0 Å². The standard InChI is InChI=1S/C12H17NO4S/c1-2-17-12(16)9-4-3-5-10(13)11(9)18-7-8(15)6-14/h3-5,8,14-15H,2,6-7,13H2,1H3. The third-order valence-electron chi connectivity index (χ3n) is 2.17. The van der Waals surface area contributed by atoms with E-state index >= 15 is 0 Å². The summed E-state index contributed by atoms with van der Waals surface area (Å²) in [5.74, 6) is -0.178. The van der Waals surface area contributed by atoms with E-state index in [1.807, 2.05) is 0 Å². The molecule has 18 heavy (non-hydrogen) atoms. The topological polar surface area (TPSA) is 92.8 Å². The maximum atomic E-state index is 11.7. The molecule has 1 aromatic carbocycles. The lowest BCUT2D eigenvalue weighted by Crippen LogP contribution is -2.15. The molecule has 0 amide bonds. The number of esters is 1. The van der Waals surface area contributed by atoms with Gasteiger partial charge < -0.3 is 20.7 Å². The number of thioether (sulfide) groups is 1. The second-order valence-electron chi connectivity index (χ2n) is 3.59. The Morgan fingerprint density at radius 1 is 1.56 bits per heavy atom. The molecule has 0 saturated carbocycles. The fourth-order valence-corrected chi connectivity index (χ4v) is 2.32. The Hall–Kier alpha value is -1.24. The Morgan fingerprint density at radius 2 is 2.28 bits per heavy atom. The van der Waals surface area contributed by atoms with Crippen molar-refractivity contribution in [3.05, 3.63) is 23.8 Å². The van der Waals surface area contributed by atoms with Crippen molar-refractivity contribution < 1.29 is 19.7 Å². The van der Waals surface area contributed by atoms with E-state index in [1.54, 1.807) is 25.1 Å². The van der Waals surface area contributed by atoms with Gasteiger partial charge in [0.15, 0.2) is 0 Å². The zero-order valence-electron chi connectivity index (χ0n) is 10.1. The summed E-state index contributed by atoms with van der Waals surface area (Å²) in [6.07, 6.45) is -0.843. The molecule has 1 atom stereocenters. The van der Waals surface area contributed by atoms with E-state index in [0.29, 0.717) is 16.1 Å². The fraction of sp³-hybridized carbons (Fsp3) is 0.417. The number of hydrogen-bond acceptors (Lipinski definition) is 6. The van der Waals surface area contributed by atoms with Gasteiger partial charge in [0.05, 0.1) is 24.9 Å². The quantitative estimate of drug-likeness (QED) is 0.404. The first-order chi connectivity index (χ1) is 8.60. The molecule has 4 N–H and O–H groups in total. The lowest BCUT2D eigenvalue weighted by atomic mass is 10.2. The lowest BCUT2D eigenvalue weighted by Gasteiger charge is -2.12. The Balaban J connectivity index is 2.90. The number of ether oxygens (including phenoxy) is 1. The molecule has 0 aliphatic heterocycles. The van der Waals surface area contributed by atoms with Crippen LogP contribution < -0.4 is 5.73 Å². The highest BCUT2D eigenvalue weighted by Gasteiger charge is 2.16. The molecule has 0 spiro atoms. The van der Waals surface area contributed by atoms with Crippen molar-refractivity contribution in [3.63, 3.8) is 0 Å². The average Bonchev–Trinajstić information content (AvgIpc) is 2.36. The summed E-state index contributed by atoms with van der Waals surface area (Å²) in [6, 6.07) is 4.98. The van der Waals surface area contributed by atoms with Gasteiger partial charge in [0.25, 0.3) is 0 Å². The number of aliphatic hydroxyl groups is 2. The van der Waals surface area contributed by atoms with Crippen LogP contribution in [0.4, 0.5) is 5.69 Å². The predicted molar refractivity (Wildman–Crippen MR) is 70.6 cm³/mol. The summed E-state index contributed by atoms with van der Waals surface area (Å²) in [7, 11) is 0. The van der Waals surface area contributed by atoms with Crippen LogP contribution in [-0.4, -0.2) is 41.3 Å². The molecule has 0 fully saturated rings. The number of aliphatic hydroxyl groups excluding tert-OH is 2. The molecule has 1 aromatic rings. The van der Waals surface area contributed by atoms with Crippen molar-refractivity contribution in [2.75, 3.05) is 24.7 Å². The number of benzene rings is 1. The van der Waals surface area contributed by atoms with E-state index in [4.69, 9.17) is 15.6 Å². The monoisotopic (exact) mass is 271 g/mol. The SMILES string of the molecule is CCOC(=O)c1cccc(N)c1SCC(O)CO. The van der Waals surface area contributed by atoms with Crippen LogP contribution in [0.3, 0.4) is 0 Å². The maximum absolute atomic E-state index is 11.7. The van der Waals surface area contributed by atoms with Gasteiger partial charge in [-0.05, 0) is 19.1 Å². The van der Waals surface area contributed by atoms with Gasteiger partial charge in [-0.1, -0.05) is 6.07 Å². The number of hydrogen-bond donors (Lipinski definition) is 3. The fourth-order valence-electron chi connectivity index (χ4n) is 1.32. The summed E-state index contributed by atoms with van der Waals surface area (Å²) >= 11 is 1.22. The van der Waals surface area contributed by atoms with Crippen LogP contribution in [0.5, 0.6) is 0 Å². The molecule has 0 saturated heterocycles. The first kappa shape index (κ1) is 14.8. The van der Waals surface area contributed by atoms with Crippen molar-refractivity contribution in [3.8, 4) is 0 Å². The number of carbonyl (C=O) groups excluding carboxylic acids is 1. The summed E-state index contributed by atoms with van der Waals surface area (Å²) < 4.78 is 4.94. The molecule has 0 heterocycles. The second-order valence-corrected chi connectivity index (χ2v) is 4.62. The van der Waals surface area contributed by atoms with E-state index < -0.39 is 12.1 Å². The molecule has 0 aromatic heterocycles. The molecule has 1 unspecified atom stereocenters. The molecule has 6 heteroatoms. The van der Waals surface area contributed by atoms with Crippen molar-refractivity contribution in [1.29, 1.82) is 0 Å². The summed E-state index contributed by atoms with van der Waals surface area (Å²) in [6.45, 7) is 1.69. The zero-order valence-corrected chi connectivity index (χ0v) is 10.9. The molecular weight excluding hydrogens is 254 g/mol. The van der Waals surface area contributed by atoms with Gasteiger partial charge in [0.2, 0.25) is 0 Å². The summed E-state index contributed by atoms with van der Waals surface area (Å²) in [5, 5.41) is 18.1. The Labute approximate surface area is 110 Å². The molecule has 0 bridgehead atoms. The normalized spacial score (nSPS) is 12.2. The Morgan fingerprint density at radius 3 is 2.89 bits per heavy atom. The van der Waals surface area contributed by atoms with Gasteiger partial charge in [0, 0.05) is 16.3 Å². The van der Waals surface area contributed by atoms with Crippen LogP contribution in [0.25, 0.3) is 0 Å². The number of carbonyl (C=O) groups is 1. The summed E-state index contributed by atoms with van der Waals surface area (Å²) in [5.41, 5.74) is 6.65. The molecular formula is C12H17NO4S. The molecule has 1 rings (SSSR count). The minimum atomic E-state index is -0.843. The van der Waals surface area contributed by atoms with E-state index in [1.165, 1.54) is 11.8 Å².